The Bertz CT molecular complexity index is 1140. The second-order valence-corrected chi connectivity index (χ2v) is 7.86. The molecule has 1 saturated heterocycles. The van der Waals surface area contributed by atoms with Crippen LogP contribution in [-0.2, 0) is 22.3 Å². The van der Waals surface area contributed by atoms with Gasteiger partial charge in [0, 0.05) is 25.3 Å². The number of ether oxygens (including phenoxy) is 1. The van der Waals surface area contributed by atoms with Gasteiger partial charge in [0.25, 0.3) is 5.91 Å². The molecule has 1 aliphatic heterocycles. The molecule has 0 unspecified atom stereocenters. The molecule has 0 saturated carbocycles. The second kappa shape index (κ2) is 9.60. The van der Waals surface area contributed by atoms with Gasteiger partial charge < -0.3 is 25.1 Å². The quantitative estimate of drug-likeness (QED) is 0.477. The molecule has 2 heterocycles. The molecule has 10 heteroatoms. The number of amides is 2. The standard InChI is InChI=1S/C24H22F3N3O4/c25-24(26,27)18-4-1-2-5-19(18)29-17-9-7-16(8-10-17)14-28-22(32)23(11-13-33-15-23)30-21(31)20-6-3-12-34-20/h1-10,12,29H,11,13-15H2,(H,28,32)(H,30,31)/t23-/m0/s1. The number of hydrogen-bond donors (Lipinski definition) is 3. The number of furan rings is 1. The summed E-state index contributed by atoms with van der Waals surface area (Å²) in [5.74, 6) is -0.819. The van der Waals surface area contributed by atoms with Crippen LogP contribution in [0.25, 0.3) is 0 Å². The smallest absolute Gasteiger partial charge is 0.418 e. The zero-order valence-electron chi connectivity index (χ0n) is 17.9. The highest BCUT2D eigenvalue weighted by Gasteiger charge is 2.44. The molecule has 3 aromatic rings. The monoisotopic (exact) mass is 473 g/mol. The third kappa shape index (κ3) is 5.23. The number of carbonyl (C=O) groups excluding carboxylic acids is 2. The maximum atomic E-state index is 13.2. The molecule has 2 aromatic carbocycles. The van der Waals surface area contributed by atoms with E-state index in [2.05, 4.69) is 16.0 Å². The Morgan fingerprint density at radius 1 is 1.00 bits per heavy atom. The van der Waals surface area contributed by atoms with Gasteiger partial charge in [-0.2, -0.15) is 13.2 Å². The number of hydrogen-bond acceptors (Lipinski definition) is 5. The minimum Gasteiger partial charge on any atom is -0.459 e. The first kappa shape index (κ1) is 23.4. The van der Waals surface area contributed by atoms with Gasteiger partial charge in [-0.05, 0) is 42.0 Å². The molecule has 0 radical (unpaired) electrons. The van der Waals surface area contributed by atoms with Crippen LogP contribution in [0.15, 0.2) is 71.3 Å². The number of anilines is 2. The fourth-order valence-electron chi connectivity index (χ4n) is 3.64. The van der Waals surface area contributed by atoms with Crippen molar-refractivity contribution in [1.82, 2.24) is 10.6 Å². The molecule has 1 atom stereocenters. The average Bonchev–Trinajstić information content (AvgIpc) is 3.51. The molecule has 7 nitrogen and oxygen atoms in total. The van der Waals surface area contributed by atoms with Gasteiger partial charge >= 0.3 is 6.18 Å². The molecule has 1 fully saturated rings. The van der Waals surface area contributed by atoms with E-state index < -0.39 is 29.1 Å². The van der Waals surface area contributed by atoms with Crippen molar-refractivity contribution < 1.29 is 31.9 Å². The van der Waals surface area contributed by atoms with Crippen molar-refractivity contribution in [1.29, 1.82) is 0 Å². The first-order chi connectivity index (χ1) is 16.3. The van der Waals surface area contributed by atoms with Gasteiger partial charge in [0.1, 0.15) is 5.54 Å². The highest BCUT2D eigenvalue weighted by Crippen LogP contribution is 2.35. The summed E-state index contributed by atoms with van der Waals surface area (Å²) in [5.41, 5.74) is -0.821. The highest BCUT2D eigenvalue weighted by atomic mass is 19.4. The summed E-state index contributed by atoms with van der Waals surface area (Å²) in [5, 5.41) is 8.29. The summed E-state index contributed by atoms with van der Waals surface area (Å²) in [7, 11) is 0. The minimum atomic E-state index is -4.47. The Labute approximate surface area is 193 Å². The van der Waals surface area contributed by atoms with E-state index in [0.717, 1.165) is 11.6 Å². The van der Waals surface area contributed by atoms with E-state index in [4.69, 9.17) is 9.15 Å². The van der Waals surface area contributed by atoms with Gasteiger partial charge in [-0.25, -0.2) is 0 Å². The van der Waals surface area contributed by atoms with Crippen molar-refractivity contribution in [2.45, 2.75) is 24.7 Å². The van der Waals surface area contributed by atoms with Crippen LogP contribution in [0.5, 0.6) is 0 Å². The number of halogens is 3. The lowest BCUT2D eigenvalue weighted by atomic mass is 9.97. The Hall–Kier alpha value is -3.79. The lowest BCUT2D eigenvalue weighted by molar-refractivity contribution is -0.137. The summed E-state index contributed by atoms with van der Waals surface area (Å²) < 4.78 is 50.0. The summed E-state index contributed by atoms with van der Waals surface area (Å²) in [6.07, 6.45) is -2.79. The van der Waals surface area contributed by atoms with Crippen molar-refractivity contribution in [3.05, 3.63) is 83.8 Å². The van der Waals surface area contributed by atoms with Crippen LogP contribution in [-0.4, -0.2) is 30.6 Å². The van der Waals surface area contributed by atoms with E-state index >= 15 is 0 Å². The molecule has 4 rings (SSSR count). The largest absolute Gasteiger partial charge is 0.459 e. The maximum Gasteiger partial charge on any atom is 0.418 e. The zero-order valence-corrected chi connectivity index (χ0v) is 17.9. The fraction of sp³-hybridized carbons (Fsp3) is 0.250. The molecule has 0 spiro atoms. The van der Waals surface area contributed by atoms with Crippen LogP contribution in [0.4, 0.5) is 24.5 Å². The van der Waals surface area contributed by atoms with Crippen LogP contribution >= 0.6 is 0 Å². The molecule has 0 aliphatic carbocycles. The summed E-state index contributed by atoms with van der Waals surface area (Å²) >= 11 is 0. The predicted molar refractivity (Wildman–Crippen MR) is 117 cm³/mol. The second-order valence-electron chi connectivity index (χ2n) is 7.86. The van der Waals surface area contributed by atoms with E-state index in [1.165, 1.54) is 30.5 Å². The van der Waals surface area contributed by atoms with Gasteiger partial charge in [0.05, 0.1) is 24.1 Å². The first-order valence-electron chi connectivity index (χ1n) is 10.5. The maximum absolute atomic E-state index is 13.2. The van der Waals surface area contributed by atoms with E-state index in [9.17, 15) is 22.8 Å². The van der Waals surface area contributed by atoms with E-state index in [0.29, 0.717) is 18.7 Å². The van der Waals surface area contributed by atoms with Crippen molar-refractivity contribution in [2.24, 2.45) is 0 Å². The van der Waals surface area contributed by atoms with Crippen LogP contribution in [0.3, 0.4) is 0 Å². The fourth-order valence-corrected chi connectivity index (χ4v) is 3.64. The molecule has 0 bridgehead atoms. The SMILES string of the molecule is O=C(N[C@@]1(C(=O)NCc2ccc(Nc3ccccc3C(F)(F)F)cc2)CCOC1)c1ccco1. The molecular formula is C24H22F3N3O4. The highest BCUT2D eigenvalue weighted by molar-refractivity contribution is 5.97. The normalized spacial score (nSPS) is 17.9. The van der Waals surface area contributed by atoms with Crippen molar-refractivity contribution in [2.75, 3.05) is 18.5 Å². The Morgan fingerprint density at radius 3 is 2.41 bits per heavy atom. The van der Waals surface area contributed by atoms with Crippen molar-refractivity contribution in [3.8, 4) is 0 Å². The van der Waals surface area contributed by atoms with E-state index in [1.54, 1.807) is 30.3 Å². The van der Waals surface area contributed by atoms with Gasteiger partial charge in [-0.3, -0.25) is 9.59 Å². The van der Waals surface area contributed by atoms with Crippen LogP contribution in [0.1, 0.15) is 28.1 Å². The van der Waals surface area contributed by atoms with E-state index in [1.807, 2.05) is 0 Å². The number of rotatable bonds is 7. The van der Waals surface area contributed by atoms with Gasteiger partial charge in [-0.1, -0.05) is 24.3 Å². The zero-order chi connectivity index (χ0) is 24.2. The molecule has 2 amide bonds. The molecular weight excluding hydrogens is 451 g/mol. The first-order valence-corrected chi connectivity index (χ1v) is 10.5. The molecule has 1 aromatic heterocycles. The van der Waals surface area contributed by atoms with Crippen molar-refractivity contribution in [3.63, 3.8) is 0 Å². The lowest BCUT2D eigenvalue weighted by Gasteiger charge is -2.27. The number of carbonyl (C=O) groups is 2. The predicted octanol–water partition coefficient (Wildman–Crippen LogP) is 4.25. The molecule has 3 N–H and O–H groups in total. The topological polar surface area (TPSA) is 92.6 Å². The van der Waals surface area contributed by atoms with Gasteiger partial charge in [0.15, 0.2) is 5.76 Å². The summed E-state index contributed by atoms with van der Waals surface area (Å²) in [6.45, 7) is 0.523. The lowest BCUT2D eigenvalue weighted by Crippen LogP contribution is -2.59. The number of para-hydroxylation sites is 1. The Kier molecular flexibility index (Phi) is 6.60. The third-order valence-corrected chi connectivity index (χ3v) is 5.47. The Morgan fingerprint density at radius 2 is 1.76 bits per heavy atom. The summed E-state index contributed by atoms with van der Waals surface area (Å²) in [6, 6.07) is 14.9. The van der Waals surface area contributed by atoms with Crippen molar-refractivity contribution >= 4 is 23.2 Å². The Balaban J connectivity index is 1.38. The summed E-state index contributed by atoms with van der Waals surface area (Å²) in [4.78, 5) is 25.3. The molecule has 34 heavy (non-hydrogen) atoms. The number of alkyl halides is 3. The average molecular weight is 473 g/mol. The van der Waals surface area contributed by atoms with Crippen LogP contribution in [0.2, 0.25) is 0 Å². The van der Waals surface area contributed by atoms with Crippen LogP contribution in [0, 0.1) is 0 Å². The molecule has 178 valence electrons. The van der Waals surface area contributed by atoms with Gasteiger partial charge in [0.2, 0.25) is 5.91 Å². The molecule has 1 aliphatic rings. The van der Waals surface area contributed by atoms with Gasteiger partial charge in [-0.15, -0.1) is 0 Å². The third-order valence-electron chi connectivity index (χ3n) is 5.47. The number of benzene rings is 2. The van der Waals surface area contributed by atoms with E-state index in [-0.39, 0.29) is 24.6 Å². The number of nitrogens with one attached hydrogen (secondary N) is 3. The van der Waals surface area contributed by atoms with Crippen LogP contribution < -0.4 is 16.0 Å². The minimum absolute atomic E-state index is 0.0345.